The van der Waals surface area contributed by atoms with Crippen LogP contribution in [-0.4, -0.2) is 46.4 Å². The largest absolute Gasteiger partial charge is 0.484 e. The van der Waals surface area contributed by atoms with Crippen LogP contribution in [-0.2, 0) is 26.1 Å². The number of hydrogen-bond acceptors (Lipinski definition) is 5. The average molecular weight is 453 g/mol. The highest BCUT2D eigenvalue weighted by atomic mass is 35.5. The van der Waals surface area contributed by atoms with Crippen molar-refractivity contribution >= 4 is 33.2 Å². The third-order valence-electron chi connectivity index (χ3n) is 4.69. The van der Waals surface area contributed by atoms with Gasteiger partial charge in [-0.1, -0.05) is 23.7 Å². The van der Waals surface area contributed by atoms with Crippen LogP contribution in [0.1, 0.15) is 18.4 Å². The van der Waals surface area contributed by atoms with Gasteiger partial charge in [0.1, 0.15) is 5.75 Å². The second kappa shape index (κ2) is 10.1. The van der Waals surface area contributed by atoms with E-state index in [0.29, 0.717) is 23.0 Å². The van der Waals surface area contributed by atoms with Crippen molar-refractivity contribution in [3.05, 3.63) is 59.1 Å². The van der Waals surface area contributed by atoms with Gasteiger partial charge in [-0.2, -0.15) is 0 Å². The molecular formula is C21H25ClN2O5S. The molecule has 30 heavy (non-hydrogen) atoms. The smallest absolute Gasteiger partial charge is 0.258 e. The zero-order valence-corrected chi connectivity index (χ0v) is 18.3. The van der Waals surface area contributed by atoms with Gasteiger partial charge >= 0.3 is 0 Å². The van der Waals surface area contributed by atoms with Crippen LogP contribution in [0, 0.1) is 0 Å². The molecule has 2 aromatic rings. The SMILES string of the molecule is CS(=O)(=O)N(Cc1ccc(Cl)cc1)c1ccc(OCC(=O)NC[C@H]2CCCO2)cc1. The van der Waals surface area contributed by atoms with Crippen molar-refractivity contribution in [3.8, 4) is 5.75 Å². The van der Waals surface area contributed by atoms with Crippen LogP contribution in [0.2, 0.25) is 5.02 Å². The fraction of sp³-hybridized carbons (Fsp3) is 0.381. The molecule has 0 radical (unpaired) electrons. The van der Waals surface area contributed by atoms with E-state index in [2.05, 4.69) is 5.32 Å². The summed E-state index contributed by atoms with van der Waals surface area (Å²) in [5, 5.41) is 3.38. The maximum absolute atomic E-state index is 12.3. The Morgan fingerprint density at radius 2 is 1.90 bits per heavy atom. The van der Waals surface area contributed by atoms with E-state index >= 15 is 0 Å². The van der Waals surface area contributed by atoms with Crippen molar-refractivity contribution in [2.45, 2.75) is 25.5 Å². The molecule has 0 aliphatic carbocycles. The number of hydrogen-bond donors (Lipinski definition) is 1. The van der Waals surface area contributed by atoms with Crippen LogP contribution in [0.4, 0.5) is 5.69 Å². The van der Waals surface area contributed by atoms with Crippen LogP contribution in [0.3, 0.4) is 0 Å². The highest BCUT2D eigenvalue weighted by Crippen LogP contribution is 2.24. The van der Waals surface area contributed by atoms with Gasteiger partial charge in [0, 0.05) is 18.2 Å². The number of benzene rings is 2. The van der Waals surface area contributed by atoms with E-state index in [1.165, 1.54) is 4.31 Å². The highest BCUT2D eigenvalue weighted by molar-refractivity contribution is 7.92. The van der Waals surface area contributed by atoms with Gasteiger partial charge in [-0.15, -0.1) is 0 Å². The van der Waals surface area contributed by atoms with Gasteiger partial charge < -0.3 is 14.8 Å². The van der Waals surface area contributed by atoms with Gasteiger partial charge in [-0.05, 0) is 54.8 Å². The molecule has 0 aromatic heterocycles. The van der Waals surface area contributed by atoms with Gasteiger partial charge in [-0.3, -0.25) is 9.10 Å². The van der Waals surface area contributed by atoms with Crippen LogP contribution in [0.15, 0.2) is 48.5 Å². The monoisotopic (exact) mass is 452 g/mol. The minimum Gasteiger partial charge on any atom is -0.484 e. The Morgan fingerprint density at radius 1 is 1.20 bits per heavy atom. The van der Waals surface area contributed by atoms with Gasteiger partial charge in [0.05, 0.1) is 24.6 Å². The number of amides is 1. The zero-order chi connectivity index (χ0) is 21.6. The number of halogens is 1. The van der Waals surface area contributed by atoms with E-state index in [4.69, 9.17) is 21.1 Å². The Morgan fingerprint density at radius 3 is 2.50 bits per heavy atom. The molecule has 3 rings (SSSR count). The molecule has 162 valence electrons. The molecule has 0 saturated carbocycles. The zero-order valence-electron chi connectivity index (χ0n) is 16.7. The van der Waals surface area contributed by atoms with Crippen molar-refractivity contribution < 1.29 is 22.7 Å². The number of carbonyl (C=O) groups excluding carboxylic acids is 1. The lowest BCUT2D eigenvalue weighted by molar-refractivity contribution is -0.123. The Balaban J connectivity index is 1.57. The molecular weight excluding hydrogens is 428 g/mol. The quantitative estimate of drug-likeness (QED) is 0.632. The standard InChI is InChI=1S/C21H25ClN2O5S/c1-30(26,27)24(14-16-4-6-17(22)7-5-16)18-8-10-19(11-9-18)29-15-21(25)23-13-20-3-2-12-28-20/h4-11,20H,2-3,12-15H2,1H3,(H,23,25)/t20-/m1/s1. The fourth-order valence-corrected chi connectivity index (χ4v) is 4.11. The summed E-state index contributed by atoms with van der Waals surface area (Å²) in [5.74, 6) is 0.251. The first kappa shape index (κ1) is 22.4. The second-order valence-electron chi connectivity index (χ2n) is 7.12. The number of anilines is 1. The number of carbonyl (C=O) groups is 1. The molecule has 0 spiro atoms. The van der Waals surface area contributed by atoms with E-state index in [0.717, 1.165) is 31.3 Å². The summed E-state index contributed by atoms with van der Waals surface area (Å²) in [5.41, 5.74) is 1.32. The minimum absolute atomic E-state index is 0.0795. The van der Waals surface area contributed by atoms with Crippen molar-refractivity contribution in [3.63, 3.8) is 0 Å². The van der Waals surface area contributed by atoms with Gasteiger partial charge in [0.2, 0.25) is 10.0 Å². The average Bonchev–Trinajstić information content (AvgIpc) is 3.23. The molecule has 1 heterocycles. The summed E-state index contributed by atoms with van der Waals surface area (Å²) in [7, 11) is -3.50. The summed E-state index contributed by atoms with van der Waals surface area (Å²) >= 11 is 5.90. The first-order valence-electron chi connectivity index (χ1n) is 9.64. The Kier molecular flexibility index (Phi) is 7.58. The predicted octanol–water partition coefficient (Wildman–Crippen LogP) is 2.98. The second-order valence-corrected chi connectivity index (χ2v) is 9.46. The maximum Gasteiger partial charge on any atom is 0.258 e. The van der Waals surface area contributed by atoms with Crippen molar-refractivity contribution in [2.75, 3.05) is 30.3 Å². The van der Waals surface area contributed by atoms with Crippen LogP contribution >= 0.6 is 11.6 Å². The van der Waals surface area contributed by atoms with Crippen LogP contribution < -0.4 is 14.4 Å². The summed E-state index contributed by atoms with van der Waals surface area (Å²) in [6, 6.07) is 13.6. The number of nitrogens with zero attached hydrogens (tertiary/aromatic N) is 1. The normalized spacial score (nSPS) is 16.3. The van der Waals surface area contributed by atoms with E-state index < -0.39 is 10.0 Å². The molecule has 1 N–H and O–H groups in total. The molecule has 0 unspecified atom stereocenters. The summed E-state index contributed by atoms with van der Waals surface area (Å²) < 4.78 is 36.8. The Bertz CT molecular complexity index is 942. The molecule has 0 bridgehead atoms. The third kappa shape index (κ3) is 6.62. The predicted molar refractivity (Wildman–Crippen MR) is 116 cm³/mol. The van der Waals surface area contributed by atoms with E-state index in [-0.39, 0.29) is 25.2 Å². The molecule has 1 aliphatic rings. The highest BCUT2D eigenvalue weighted by Gasteiger charge is 2.19. The summed E-state index contributed by atoms with van der Waals surface area (Å²) in [6.45, 7) is 1.29. The van der Waals surface area contributed by atoms with Crippen molar-refractivity contribution in [1.29, 1.82) is 0 Å². The first-order valence-corrected chi connectivity index (χ1v) is 11.9. The van der Waals surface area contributed by atoms with E-state index in [1.807, 2.05) is 0 Å². The molecule has 1 fully saturated rings. The van der Waals surface area contributed by atoms with Crippen molar-refractivity contribution in [2.24, 2.45) is 0 Å². The third-order valence-corrected chi connectivity index (χ3v) is 6.08. The van der Waals surface area contributed by atoms with Gasteiger partial charge in [0.25, 0.3) is 5.91 Å². The minimum atomic E-state index is -3.50. The summed E-state index contributed by atoms with van der Waals surface area (Å²) in [4.78, 5) is 11.9. The lowest BCUT2D eigenvalue weighted by atomic mass is 10.2. The molecule has 2 aromatic carbocycles. The first-order chi connectivity index (χ1) is 14.3. The number of rotatable bonds is 9. The molecule has 1 amide bonds. The number of ether oxygens (including phenoxy) is 2. The lowest BCUT2D eigenvalue weighted by Gasteiger charge is -2.23. The van der Waals surface area contributed by atoms with E-state index in [1.54, 1.807) is 48.5 Å². The fourth-order valence-electron chi connectivity index (χ4n) is 3.10. The van der Waals surface area contributed by atoms with Crippen molar-refractivity contribution in [1.82, 2.24) is 5.32 Å². The van der Waals surface area contributed by atoms with E-state index in [9.17, 15) is 13.2 Å². The Labute approximate surface area is 182 Å². The Hall–Kier alpha value is -2.29. The molecule has 1 aliphatic heterocycles. The molecule has 9 heteroatoms. The molecule has 7 nitrogen and oxygen atoms in total. The van der Waals surface area contributed by atoms with Gasteiger partial charge in [-0.25, -0.2) is 8.42 Å². The molecule has 1 saturated heterocycles. The lowest BCUT2D eigenvalue weighted by Crippen LogP contribution is -2.35. The topological polar surface area (TPSA) is 84.9 Å². The molecule has 1 atom stereocenters. The summed E-state index contributed by atoms with van der Waals surface area (Å²) in [6.07, 6.45) is 3.21. The number of nitrogens with one attached hydrogen (secondary N) is 1. The maximum atomic E-state index is 12.3. The van der Waals surface area contributed by atoms with Crippen LogP contribution in [0.5, 0.6) is 5.75 Å². The number of sulfonamides is 1. The van der Waals surface area contributed by atoms with Gasteiger partial charge in [0.15, 0.2) is 6.61 Å². The van der Waals surface area contributed by atoms with Crippen LogP contribution in [0.25, 0.3) is 0 Å².